The van der Waals surface area contributed by atoms with E-state index in [9.17, 15) is 12.8 Å². The predicted octanol–water partition coefficient (Wildman–Crippen LogP) is 3.08. The van der Waals surface area contributed by atoms with Crippen LogP contribution in [0.25, 0.3) is 0 Å². The Balaban J connectivity index is 2.45. The second-order valence-corrected chi connectivity index (χ2v) is 8.50. The zero-order chi connectivity index (χ0) is 14.9. The second-order valence-electron chi connectivity index (χ2n) is 3.69. The lowest BCUT2D eigenvalue weighted by molar-refractivity contribution is 0.603. The highest BCUT2D eigenvalue weighted by Crippen LogP contribution is 2.29. The van der Waals surface area contributed by atoms with Gasteiger partial charge in [-0.05, 0) is 40.2 Å². The molecule has 2 aromatic rings. The highest BCUT2D eigenvalue weighted by atomic mass is 79.9. The average Bonchev–Trinajstić information content (AvgIpc) is 2.75. The van der Waals surface area contributed by atoms with Crippen molar-refractivity contribution in [1.82, 2.24) is 0 Å². The Morgan fingerprint density at radius 1 is 1.35 bits per heavy atom. The highest BCUT2D eigenvalue weighted by Gasteiger charge is 2.20. The normalized spacial score (nSPS) is 11.3. The molecule has 20 heavy (non-hydrogen) atoms. The van der Waals surface area contributed by atoms with Crippen LogP contribution < -0.4 is 10.5 Å². The van der Waals surface area contributed by atoms with Crippen LogP contribution in [-0.4, -0.2) is 13.4 Å². The lowest BCUT2D eigenvalue weighted by atomic mass is 10.2. The topological polar surface area (TPSA) is 72.2 Å². The number of hydrogen-bond acceptors (Lipinski definition) is 4. The average molecular weight is 395 g/mol. The van der Waals surface area contributed by atoms with Crippen LogP contribution >= 0.6 is 39.5 Å². The molecular weight excluding hydrogens is 387 g/mol. The summed E-state index contributed by atoms with van der Waals surface area (Å²) in [6.07, 6.45) is 0. The molecule has 0 aliphatic heterocycles. The molecule has 0 atom stereocenters. The summed E-state index contributed by atoms with van der Waals surface area (Å²) in [4.78, 5) is -0.215. The van der Waals surface area contributed by atoms with Crippen molar-refractivity contribution in [2.24, 2.45) is 5.73 Å². The fraction of sp³-hybridized carbons (Fsp3) is 0. The van der Waals surface area contributed by atoms with Gasteiger partial charge in [0.05, 0.1) is 15.0 Å². The van der Waals surface area contributed by atoms with Crippen LogP contribution in [0.4, 0.5) is 10.1 Å². The van der Waals surface area contributed by atoms with E-state index in [-0.39, 0.29) is 20.4 Å². The van der Waals surface area contributed by atoms with E-state index in [0.717, 1.165) is 17.4 Å². The van der Waals surface area contributed by atoms with Crippen LogP contribution in [0.1, 0.15) is 5.56 Å². The first-order valence-corrected chi connectivity index (χ1v) is 8.68. The third kappa shape index (κ3) is 3.17. The van der Waals surface area contributed by atoms with Crippen molar-refractivity contribution < 1.29 is 12.8 Å². The fourth-order valence-electron chi connectivity index (χ4n) is 1.50. The van der Waals surface area contributed by atoms with E-state index in [0.29, 0.717) is 3.79 Å². The smallest absolute Gasteiger partial charge is 0.271 e. The molecule has 1 aromatic carbocycles. The van der Waals surface area contributed by atoms with Gasteiger partial charge in [0.25, 0.3) is 10.0 Å². The molecule has 0 aliphatic rings. The summed E-state index contributed by atoms with van der Waals surface area (Å²) >= 11 is 8.97. The summed E-state index contributed by atoms with van der Waals surface area (Å²) < 4.78 is 41.1. The monoisotopic (exact) mass is 394 g/mol. The van der Waals surface area contributed by atoms with Gasteiger partial charge >= 0.3 is 0 Å². The largest absolute Gasteiger partial charge is 0.389 e. The summed E-state index contributed by atoms with van der Waals surface area (Å²) in [6.45, 7) is 0. The molecular formula is C11H8BrFN2O2S3. The van der Waals surface area contributed by atoms with Crippen molar-refractivity contribution in [2.45, 2.75) is 4.21 Å². The molecule has 0 spiro atoms. The maximum Gasteiger partial charge on any atom is 0.271 e. The number of sulfonamides is 1. The van der Waals surface area contributed by atoms with Crippen LogP contribution in [0.5, 0.6) is 0 Å². The molecule has 0 saturated heterocycles. The van der Waals surface area contributed by atoms with Crippen molar-refractivity contribution in [2.75, 3.05) is 4.72 Å². The van der Waals surface area contributed by atoms with Crippen molar-refractivity contribution in [3.8, 4) is 0 Å². The number of benzene rings is 1. The van der Waals surface area contributed by atoms with Crippen molar-refractivity contribution >= 4 is 60.2 Å². The van der Waals surface area contributed by atoms with Crippen LogP contribution in [0.3, 0.4) is 0 Å². The molecule has 3 N–H and O–H groups in total. The van der Waals surface area contributed by atoms with Crippen molar-refractivity contribution in [1.29, 1.82) is 0 Å². The van der Waals surface area contributed by atoms with Gasteiger partial charge in [0.15, 0.2) is 0 Å². The number of thiocarbonyl (C=S) groups is 1. The molecule has 0 bridgehead atoms. The summed E-state index contributed by atoms with van der Waals surface area (Å²) in [5.41, 5.74) is 5.32. The summed E-state index contributed by atoms with van der Waals surface area (Å²) in [6, 6.07) is 6.99. The SMILES string of the molecule is NC(=S)c1c(F)cccc1NS(=O)(=O)c1ccc(Br)s1. The Morgan fingerprint density at radius 2 is 2.05 bits per heavy atom. The van der Waals surface area contributed by atoms with Gasteiger partial charge in [-0.15, -0.1) is 11.3 Å². The van der Waals surface area contributed by atoms with Gasteiger partial charge < -0.3 is 5.73 Å². The molecule has 0 fully saturated rings. The van der Waals surface area contributed by atoms with Gasteiger partial charge in [-0.3, -0.25) is 4.72 Å². The summed E-state index contributed by atoms with van der Waals surface area (Å²) in [5, 5.41) is 0. The summed E-state index contributed by atoms with van der Waals surface area (Å²) in [7, 11) is -3.81. The van der Waals surface area contributed by atoms with E-state index in [1.807, 2.05) is 0 Å². The Kier molecular flexibility index (Phi) is 4.43. The first kappa shape index (κ1) is 15.4. The Labute approximate surface area is 133 Å². The minimum atomic E-state index is -3.81. The molecule has 0 saturated carbocycles. The van der Waals surface area contributed by atoms with E-state index in [1.54, 1.807) is 6.07 Å². The van der Waals surface area contributed by atoms with Gasteiger partial charge in [0.2, 0.25) is 0 Å². The number of anilines is 1. The number of halogens is 2. The Bertz CT molecular complexity index is 774. The van der Waals surface area contributed by atoms with E-state index < -0.39 is 15.8 Å². The van der Waals surface area contributed by atoms with E-state index in [4.69, 9.17) is 18.0 Å². The zero-order valence-electron chi connectivity index (χ0n) is 9.76. The lowest BCUT2D eigenvalue weighted by Gasteiger charge is -2.11. The highest BCUT2D eigenvalue weighted by molar-refractivity contribution is 9.11. The first-order valence-electron chi connectivity index (χ1n) is 5.18. The standard InChI is InChI=1S/C11H8BrFN2O2S3/c12-8-4-5-9(19-8)20(16,17)15-7-3-1-2-6(13)10(7)11(14)18/h1-5,15H,(H2,14,18). The van der Waals surface area contributed by atoms with E-state index in [2.05, 4.69) is 20.7 Å². The van der Waals surface area contributed by atoms with Crippen molar-refractivity contribution in [3.05, 3.63) is 45.5 Å². The number of hydrogen-bond donors (Lipinski definition) is 2. The Morgan fingerprint density at radius 3 is 2.60 bits per heavy atom. The lowest BCUT2D eigenvalue weighted by Crippen LogP contribution is -2.18. The molecule has 1 heterocycles. The number of thiophene rings is 1. The molecule has 9 heteroatoms. The van der Waals surface area contributed by atoms with Gasteiger partial charge in [0, 0.05) is 0 Å². The third-order valence-electron chi connectivity index (χ3n) is 2.32. The van der Waals surface area contributed by atoms with Gasteiger partial charge in [-0.2, -0.15) is 0 Å². The van der Waals surface area contributed by atoms with Crippen LogP contribution in [0.2, 0.25) is 0 Å². The van der Waals surface area contributed by atoms with Crippen LogP contribution in [0.15, 0.2) is 38.3 Å². The second kappa shape index (κ2) is 5.76. The first-order chi connectivity index (χ1) is 9.31. The fourth-order valence-corrected chi connectivity index (χ4v) is 4.79. The molecule has 4 nitrogen and oxygen atoms in total. The molecule has 2 rings (SSSR count). The molecule has 0 radical (unpaired) electrons. The minimum Gasteiger partial charge on any atom is -0.389 e. The van der Waals surface area contributed by atoms with Crippen LogP contribution in [0, 0.1) is 5.82 Å². The van der Waals surface area contributed by atoms with Gasteiger partial charge in [-0.25, -0.2) is 12.8 Å². The number of nitrogens with one attached hydrogen (secondary N) is 1. The van der Waals surface area contributed by atoms with Gasteiger partial charge in [-0.1, -0.05) is 18.3 Å². The number of rotatable bonds is 4. The van der Waals surface area contributed by atoms with Crippen molar-refractivity contribution in [3.63, 3.8) is 0 Å². The van der Waals surface area contributed by atoms with Crippen LogP contribution in [-0.2, 0) is 10.0 Å². The third-order valence-corrected chi connectivity index (χ3v) is 6.00. The molecule has 0 amide bonds. The quantitative estimate of drug-likeness (QED) is 0.781. The predicted molar refractivity (Wildman–Crippen MR) is 85.1 cm³/mol. The zero-order valence-corrected chi connectivity index (χ0v) is 13.8. The molecule has 0 aliphatic carbocycles. The summed E-state index contributed by atoms with van der Waals surface area (Å²) in [5.74, 6) is -0.676. The Hall–Kier alpha value is -1.03. The minimum absolute atomic E-state index is 0.0158. The number of nitrogens with two attached hydrogens (primary N) is 1. The van der Waals surface area contributed by atoms with E-state index >= 15 is 0 Å². The molecule has 106 valence electrons. The van der Waals surface area contributed by atoms with E-state index in [1.165, 1.54) is 18.2 Å². The molecule has 0 unspecified atom stereocenters. The van der Waals surface area contributed by atoms with Gasteiger partial charge in [0.1, 0.15) is 15.0 Å². The maximum atomic E-state index is 13.7. The maximum absolute atomic E-state index is 13.7. The molecule has 1 aromatic heterocycles.